The van der Waals surface area contributed by atoms with Crippen molar-refractivity contribution in [3.8, 4) is 16.8 Å². The highest BCUT2D eigenvalue weighted by molar-refractivity contribution is 6.10. The second-order valence-corrected chi connectivity index (χ2v) is 14.6. The van der Waals surface area contributed by atoms with Crippen LogP contribution in [0.2, 0.25) is 0 Å². The number of hydrogen-bond acceptors (Lipinski definition) is 3. The van der Waals surface area contributed by atoms with Gasteiger partial charge in [0.05, 0.1) is 11.0 Å². The minimum absolute atomic E-state index is 0.847. The van der Waals surface area contributed by atoms with Gasteiger partial charge in [0.15, 0.2) is 0 Å². The maximum atomic E-state index is 6.53. The summed E-state index contributed by atoms with van der Waals surface area (Å²) in [5, 5.41) is 4.60. The van der Waals surface area contributed by atoms with Crippen LogP contribution in [-0.4, -0.2) is 4.57 Å². The van der Waals surface area contributed by atoms with E-state index < -0.39 is 0 Å². The molecule has 9 aromatic carbocycles. The third-order valence-corrected chi connectivity index (χ3v) is 11.1. The van der Waals surface area contributed by atoms with Crippen LogP contribution in [0.1, 0.15) is 0 Å². The molecule has 2 heterocycles. The fourth-order valence-corrected chi connectivity index (χ4v) is 8.51. The van der Waals surface area contributed by atoms with Gasteiger partial charge in [-0.05, 0) is 114 Å². The quantitative estimate of drug-likeness (QED) is 0.155. The summed E-state index contributed by atoms with van der Waals surface area (Å²) in [4.78, 5) is 4.66. The van der Waals surface area contributed by atoms with Gasteiger partial charge >= 0.3 is 0 Å². The van der Waals surface area contributed by atoms with Crippen LogP contribution in [0.5, 0.6) is 0 Å². The van der Waals surface area contributed by atoms with Crippen LogP contribution in [0.3, 0.4) is 0 Å². The predicted octanol–water partition coefficient (Wildman–Crippen LogP) is 15.3. The number of fused-ring (bicyclic) bond motifs is 6. The molecule has 2 aromatic heterocycles. The van der Waals surface area contributed by atoms with Gasteiger partial charge in [-0.25, -0.2) is 0 Å². The standard InChI is InChI=1S/C54H37N3O/c1-4-16-38(17-5-1)39-18-14-23-42(34-39)55(40-19-6-2-7-20-40)45-30-32-53-49(36-45)50-37-46(31-33-54(50)58-53)56(41-21-8-3-9-22-41)43-24-15-25-44(35-43)57-51-28-12-10-26-47(51)48-27-11-13-29-52(48)57/h1-37H. The topological polar surface area (TPSA) is 24.6 Å². The van der Waals surface area contributed by atoms with E-state index in [2.05, 4.69) is 239 Å². The molecule has 0 unspecified atom stereocenters. The Kier molecular flexibility index (Phi) is 8.11. The van der Waals surface area contributed by atoms with Crippen LogP contribution in [-0.2, 0) is 0 Å². The molecule has 4 nitrogen and oxygen atoms in total. The molecular weight excluding hydrogens is 707 g/mol. The molecule has 0 saturated carbocycles. The van der Waals surface area contributed by atoms with Crippen molar-refractivity contribution in [3.05, 3.63) is 224 Å². The summed E-state index contributed by atoms with van der Waals surface area (Å²) >= 11 is 0. The van der Waals surface area contributed by atoms with Gasteiger partial charge < -0.3 is 18.8 Å². The maximum Gasteiger partial charge on any atom is 0.135 e. The monoisotopic (exact) mass is 743 g/mol. The predicted molar refractivity (Wildman–Crippen MR) is 243 cm³/mol. The molecule has 58 heavy (non-hydrogen) atoms. The Morgan fingerprint density at radius 1 is 0.293 bits per heavy atom. The van der Waals surface area contributed by atoms with Crippen molar-refractivity contribution in [1.29, 1.82) is 0 Å². The van der Waals surface area contributed by atoms with E-state index in [0.29, 0.717) is 0 Å². The highest BCUT2D eigenvalue weighted by Gasteiger charge is 2.20. The number of para-hydroxylation sites is 4. The largest absolute Gasteiger partial charge is 0.456 e. The van der Waals surface area contributed by atoms with Crippen LogP contribution in [0, 0.1) is 0 Å². The fraction of sp³-hybridized carbons (Fsp3) is 0. The van der Waals surface area contributed by atoms with Crippen LogP contribution < -0.4 is 9.80 Å². The second-order valence-electron chi connectivity index (χ2n) is 14.6. The molecule has 0 radical (unpaired) electrons. The summed E-state index contributed by atoms with van der Waals surface area (Å²) in [7, 11) is 0. The van der Waals surface area contributed by atoms with Gasteiger partial charge in [0.1, 0.15) is 11.2 Å². The molecule has 0 fully saturated rings. The Balaban J connectivity index is 1.06. The second kappa shape index (κ2) is 14.0. The average Bonchev–Trinajstić information content (AvgIpc) is 3.83. The summed E-state index contributed by atoms with van der Waals surface area (Å²) < 4.78 is 8.91. The zero-order chi connectivity index (χ0) is 38.4. The highest BCUT2D eigenvalue weighted by atomic mass is 16.3. The van der Waals surface area contributed by atoms with Crippen molar-refractivity contribution in [2.45, 2.75) is 0 Å². The SMILES string of the molecule is c1ccc(-c2cccc(N(c3ccccc3)c3ccc4oc5ccc(N(c6ccccc6)c6cccc(-n7c8ccccc8c8ccccc87)c6)cc5c4c3)c2)cc1. The Hall–Kier alpha value is -7.82. The molecule has 11 aromatic rings. The zero-order valence-electron chi connectivity index (χ0n) is 31.6. The summed E-state index contributed by atoms with van der Waals surface area (Å²) in [6.07, 6.45) is 0. The van der Waals surface area contributed by atoms with Gasteiger partial charge in [-0.3, -0.25) is 0 Å². The van der Waals surface area contributed by atoms with E-state index in [1.54, 1.807) is 0 Å². The lowest BCUT2D eigenvalue weighted by molar-refractivity contribution is 0.669. The molecule has 0 amide bonds. The number of hydrogen-bond donors (Lipinski definition) is 0. The summed E-state index contributed by atoms with van der Waals surface area (Å²) in [5.74, 6) is 0. The lowest BCUT2D eigenvalue weighted by atomic mass is 10.0. The van der Waals surface area contributed by atoms with Crippen molar-refractivity contribution in [3.63, 3.8) is 0 Å². The normalized spacial score (nSPS) is 11.4. The number of benzene rings is 9. The van der Waals surface area contributed by atoms with Crippen molar-refractivity contribution < 1.29 is 4.42 Å². The van der Waals surface area contributed by atoms with Gasteiger partial charge in [-0.2, -0.15) is 0 Å². The van der Waals surface area contributed by atoms with Gasteiger partial charge in [0.25, 0.3) is 0 Å². The van der Waals surface area contributed by atoms with E-state index in [9.17, 15) is 0 Å². The molecule has 0 bridgehead atoms. The lowest BCUT2D eigenvalue weighted by Crippen LogP contribution is -2.10. The van der Waals surface area contributed by atoms with Crippen LogP contribution in [0.4, 0.5) is 34.1 Å². The number of rotatable bonds is 8. The molecule has 0 N–H and O–H groups in total. The van der Waals surface area contributed by atoms with E-state index in [1.165, 1.54) is 32.9 Å². The van der Waals surface area contributed by atoms with Crippen LogP contribution in [0.25, 0.3) is 60.6 Å². The minimum Gasteiger partial charge on any atom is -0.456 e. The summed E-state index contributed by atoms with van der Waals surface area (Å²) in [6, 6.07) is 79.7. The van der Waals surface area contributed by atoms with Crippen molar-refractivity contribution in [2.24, 2.45) is 0 Å². The van der Waals surface area contributed by atoms with E-state index in [0.717, 1.165) is 61.8 Å². The molecular formula is C54H37N3O. The van der Waals surface area contributed by atoms with Crippen LogP contribution >= 0.6 is 0 Å². The molecule has 0 aliphatic carbocycles. The molecule has 0 aliphatic rings. The minimum atomic E-state index is 0.847. The molecule has 4 heteroatoms. The van der Waals surface area contributed by atoms with E-state index in [1.807, 2.05) is 0 Å². The summed E-state index contributed by atoms with van der Waals surface area (Å²) in [6.45, 7) is 0. The van der Waals surface area contributed by atoms with Gasteiger partial charge in [-0.1, -0.05) is 121 Å². The fourth-order valence-electron chi connectivity index (χ4n) is 8.51. The molecule has 0 spiro atoms. The zero-order valence-corrected chi connectivity index (χ0v) is 31.6. The third-order valence-electron chi connectivity index (χ3n) is 11.1. The van der Waals surface area contributed by atoms with Gasteiger partial charge in [0.2, 0.25) is 0 Å². The highest BCUT2D eigenvalue weighted by Crippen LogP contribution is 2.43. The first-order chi connectivity index (χ1) is 28.8. The third kappa shape index (κ3) is 5.78. The van der Waals surface area contributed by atoms with Crippen molar-refractivity contribution >= 4 is 77.9 Å². The molecule has 0 atom stereocenters. The Labute approximate surface area is 336 Å². The number of anilines is 6. The maximum absolute atomic E-state index is 6.53. The van der Waals surface area contributed by atoms with Crippen molar-refractivity contribution in [1.82, 2.24) is 4.57 Å². The van der Waals surface area contributed by atoms with E-state index in [4.69, 9.17) is 4.42 Å². The first kappa shape index (κ1) is 33.5. The number of furan rings is 1. The molecule has 0 aliphatic heterocycles. The average molecular weight is 744 g/mol. The first-order valence-corrected chi connectivity index (χ1v) is 19.7. The smallest absolute Gasteiger partial charge is 0.135 e. The van der Waals surface area contributed by atoms with Gasteiger partial charge in [-0.15, -0.1) is 0 Å². The first-order valence-electron chi connectivity index (χ1n) is 19.7. The Morgan fingerprint density at radius 2 is 0.724 bits per heavy atom. The summed E-state index contributed by atoms with van der Waals surface area (Å²) in [5.41, 5.74) is 13.9. The number of nitrogens with zero attached hydrogens (tertiary/aromatic N) is 3. The van der Waals surface area contributed by atoms with E-state index >= 15 is 0 Å². The molecule has 274 valence electrons. The Bertz CT molecular complexity index is 3190. The number of aromatic nitrogens is 1. The molecule has 0 saturated heterocycles. The Morgan fingerprint density at radius 3 is 1.29 bits per heavy atom. The van der Waals surface area contributed by atoms with Crippen LogP contribution in [0.15, 0.2) is 229 Å². The van der Waals surface area contributed by atoms with Gasteiger partial charge in [0, 0.05) is 61.4 Å². The molecule has 11 rings (SSSR count). The van der Waals surface area contributed by atoms with Crippen molar-refractivity contribution in [2.75, 3.05) is 9.80 Å². The van der Waals surface area contributed by atoms with E-state index in [-0.39, 0.29) is 0 Å². The lowest BCUT2D eigenvalue weighted by Gasteiger charge is -2.26.